The van der Waals surface area contributed by atoms with Crippen LogP contribution in [0.5, 0.6) is 0 Å². The van der Waals surface area contributed by atoms with E-state index in [0.29, 0.717) is 12.0 Å². The van der Waals surface area contributed by atoms with E-state index in [-0.39, 0.29) is 0 Å². The zero-order valence-electron chi connectivity index (χ0n) is 11.8. The first kappa shape index (κ1) is 13.2. The number of rotatable bonds is 4. The van der Waals surface area contributed by atoms with Crippen LogP contribution in [0.4, 0.5) is 5.69 Å². The van der Waals surface area contributed by atoms with Gasteiger partial charge < -0.3 is 11.1 Å². The summed E-state index contributed by atoms with van der Waals surface area (Å²) in [4.78, 5) is 0. The monoisotopic (exact) mass is 266 g/mol. The third kappa shape index (κ3) is 3.02. The van der Waals surface area contributed by atoms with Crippen molar-refractivity contribution in [2.75, 3.05) is 11.9 Å². The highest BCUT2D eigenvalue weighted by Gasteiger charge is 2.23. The molecule has 2 nitrogen and oxygen atoms in total. The van der Waals surface area contributed by atoms with Gasteiger partial charge in [0.25, 0.3) is 0 Å². The lowest BCUT2D eigenvalue weighted by Crippen LogP contribution is -2.29. The van der Waals surface area contributed by atoms with E-state index in [1.807, 2.05) is 6.07 Å². The maximum Gasteiger partial charge on any atom is 0.0340 e. The topological polar surface area (TPSA) is 38.0 Å². The van der Waals surface area contributed by atoms with Crippen LogP contribution in [0.15, 0.2) is 54.6 Å². The van der Waals surface area contributed by atoms with Crippen LogP contribution < -0.4 is 11.1 Å². The van der Waals surface area contributed by atoms with Crippen LogP contribution in [0, 0.1) is 5.92 Å². The molecule has 0 spiro atoms. The van der Waals surface area contributed by atoms with Crippen molar-refractivity contribution < 1.29 is 0 Å². The Bertz CT molecular complexity index is 533. The van der Waals surface area contributed by atoms with Gasteiger partial charge in [-0.2, -0.15) is 0 Å². The minimum Gasteiger partial charge on any atom is -0.385 e. The maximum atomic E-state index is 6.10. The quantitative estimate of drug-likeness (QED) is 0.881. The normalized spacial score (nSPS) is 21.9. The van der Waals surface area contributed by atoms with Gasteiger partial charge in [-0.05, 0) is 42.0 Å². The summed E-state index contributed by atoms with van der Waals surface area (Å²) in [6.45, 7) is 0.992. The van der Waals surface area contributed by atoms with E-state index >= 15 is 0 Å². The van der Waals surface area contributed by atoms with E-state index in [9.17, 15) is 0 Å². The van der Waals surface area contributed by atoms with Crippen LogP contribution in [0.25, 0.3) is 11.1 Å². The Balaban J connectivity index is 1.62. The van der Waals surface area contributed by atoms with E-state index in [0.717, 1.165) is 6.54 Å². The molecule has 0 bridgehead atoms. The first-order valence-corrected chi connectivity index (χ1v) is 7.48. The van der Waals surface area contributed by atoms with E-state index in [4.69, 9.17) is 5.73 Å². The molecule has 0 heterocycles. The van der Waals surface area contributed by atoms with Crippen molar-refractivity contribution in [1.82, 2.24) is 0 Å². The first-order valence-electron chi connectivity index (χ1n) is 7.48. The van der Waals surface area contributed by atoms with Crippen LogP contribution in [0.3, 0.4) is 0 Å². The zero-order valence-corrected chi connectivity index (χ0v) is 11.8. The Morgan fingerprint density at radius 2 is 1.60 bits per heavy atom. The average Bonchev–Trinajstić information content (AvgIpc) is 2.92. The zero-order chi connectivity index (χ0) is 13.8. The summed E-state index contributed by atoms with van der Waals surface area (Å²) in [5.41, 5.74) is 9.81. The van der Waals surface area contributed by atoms with Gasteiger partial charge >= 0.3 is 0 Å². The van der Waals surface area contributed by atoms with Crippen molar-refractivity contribution >= 4 is 5.69 Å². The lowest BCUT2D eigenvalue weighted by atomic mass is 10.0. The molecular formula is C18H22N2. The Kier molecular flexibility index (Phi) is 4.03. The summed E-state index contributed by atoms with van der Waals surface area (Å²) in [6.07, 6.45) is 3.72. The van der Waals surface area contributed by atoms with Gasteiger partial charge in [-0.3, -0.25) is 0 Å². The molecule has 1 aliphatic carbocycles. The minimum atomic E-state index is 0.381. The summed E-state index contributed by atoms with van der Waals surface area (Å²) in [5, 5.41) is 3.52. The van der Waals surface area contributed by atoms with Crippen LogP contribution in [-0.4, -0.2) is 12.6 Å². The number of nitrogens with one attached hydrogen (secondary N) is 1. The van der Waals surface area contributed by atoms with Gasteiger partial charge in [0.2, 0.25) is 0 Å². The molecule has 104 valence electrons. The van der Waals surface area contributed by atoms with Gasteiger partial charge in [0, 0.05) is 18.3 Å². The minimum absolute atomic E-state index is 0.381. The smallest absolute Gasteiger partial charge is 0.0340 e. The van der Waals surface area contributed by atoms with E-state index in [1.165, 1.54) is 36.1 Å². The summed E-state index contributed by atoms with van der Waals surface area (Å²) in [7, 11) is 0. The van der Waals surface area contributed by atoms with Crippen LogP contribution in [-0.2, 0) is 0 Å². The molecule has 0 saturated heterocycles. The molecule has 2 heteroatoms. The Morgan fingerprint density at radius 1 is 0.900 bits per heavy atom. The number of hydrogen-bond acceptors (Lipinski definition) is 2. The molecular weight excluding hydrogens is 244 g/mol. The fourth-order valence-corrected chi connectivity index (χ4v) is 2.98. The molecule has 2 unspecified atom stereocenters. The molecule has 0 aliphatic heterocycles. The third-order valence-corrected chi connectivity index (χ3v) is 4.28. The highest BCUT2D eigenvalue weighted by atomic mass is 14.9. The van der Waals surface area contributed by atoms with Crippen LogP contribution in [0.1, 0.15) is 19.3 Å². The highest BCUT2D eigenvalue weighted by molar-refractivity contribution is 5.65. The number of benzene rings is 2. The molecule has 1 saturated carbocycles. The van der Waals surface area contributed by atoms with Crippen LogP contribution in [0.2, 0.25) is 0 Å². The molecule has 3 N–H and O–H groups in total. The van der Waals surface area contributed by atoms with Crippen molar-refractivity contribution in [3.8, 4) is 11.1 Å². The Morgan fingerprint density at radius 3 is 2.25 bits per heavy atom. The summed E-state index contributed by atoms with van der Waals surface area (Å²) >= 11 is 0. The molecule has 0 amide bonds. The van der Waals surface area contributed by atoms with Crippen molar-refractivity contribution in [2.45, 2.75) is 25.3 Å². The van der Waals surface area contributed by atoms with Gasteiger partial charge in [0.05, 0.1) is 0 Å². The number of hydrogen-bond donors (Lipinski definition) is 2. The van der Waals surface area contributed by atoms with Crippen molar-refractivity contribution in [3.63, 3.8) is 0 Å². The Hall–Kier alpha value is -1.80. The lowest BCUT2D eigenvalue weighted by molar-refractivity contribution is 0.505. The first-order chi connectivity index (χ1) is 9.83. The summed E-state index contributed by atoms with van der Waals surface area (Å²) < 4.78 is 0. The van der Waals surface area contributed by atoms with Gasteiger partial charge in [0.15, 0.2) is 0 Å². The predicted octanol–water partition coefficient (Wildman–Crippen LogP) is 3.89. The molecule has 2 aromatic carbocycles. The van der Waals surface area contributed by atoms with Crippen molar-refractivity contribution in [2.24, 2.45) is 11.7 Å². The maximum absolute atomic E-state index is 6.10. The predicted molar refractivity (Wildman–Crippen MR) is 85.7 cm³/mol. The van der Waals surface area contributed by atoms with E-state index in [1.54, 1.807) is 0 Å². The lowest BCUT2D eigenvalue weighted by Gasteiger charge is -2.16. The van der Waals surface area contributed by atoms with Crippen molar-refractivity contribution in [1.29, 1.82) is 0 Å². The second-order valence-electron chi connectivity index (χ2n) is 5.68. The molecule has 0 aromatic heterocycles. The van der Waals surface area contributed by atoms with Gasteiger partial charge in [0.1, 0.15) is 0 Å². The molecule has 1 aliphatic rings. The van der Waals surface area contributed by atoms with Gasteiger partial charge in [-0.25, -0.2) is 0 Å². The standard InChI is InChI=1S/C18H22N2/c19-18-8-4-7-16(18)13-20-17-11-9-15(10-12-17)14-5-2-1-3-6-14/h1-3,5-6,9-12,16,18,20H,4,7-8,13,19H2. The van der Waals surface area contributed by atoms with E-state index in [2.05, 4.69) is 53.8 Å². The van der Waals surface area contributed by atoms with Crippen molar-refractivity contribution in [3.05, 3.63) is 54.6 Å². The molecule has 0 radical (unpaired) electrons. The third-order valence-electron chi connectivity index (χ3n) is 4.28. The number of anilines is 1. The van der Waals surface area contributed by atoms with Gasteiger partial charge in [-0.1, -0.05) is 48.9 Å². The highest BCUT2D eigenvalue weighted by Crippen LogP contribution is 2.25. The summed E-state index contributed by atoms with van der Waals surface area (Å²) in [6, 6.07) is 19.5. The molecule has 20 heavy (non-hydrogen) atoms. The molecule has 3 rings (SSSR count). The fraction of sp³-hybridized carbons (Fsp3) is 0.333. The Labute approximate surface area is 121 Å². The number of nitrogens with two attached hydrogens (primary N) is 1. The van der Waals surface area contributed by atoms with Crippen LogP contribution >= 0.6 is 0 Å². The molecule has 2 atom stereocenters. The second kappa shape index (κ2) is 6.10. The summed E-state index contributed by atoms with van der Waals surface area (Å²) in [5.74, 6) is 0.629. The molecule has 1 fully saturated rings. The fourth-order valence-electron chi connectivity index (χ4n) is 2.98. The average molecular weight is 266 g/mol. The van der Waals surface area contributed by atoms with E-state index < -0.39 is 0 Å². The second-order valence-corrected chi connectivity index (χ2v) is 5.68. The molecule has 2 aromatic rings. The largest absolute Gasteiger partial charge is 0.385 e. The van der Waals surface area contributed by atoms with Gasteiger partial charge in [-0.15, -0.1) is 0 Å². The SMILES string of the molecule is NC1CCCC1CNc1ccc(-c2ccccc2)cc1.